The molecule has 0 aliphatic heterocycles. The van der Waals surface area contributed by atoms with Crippen LogP contribution < -0.4 is 10.6 Å². The highest BCUT2D eigenvalue weighted by Gasteiger charge is 2.06. The van der Waals surface area contributed by atoms with Crippen LogP contribution in [0.3, 0.4) is 0 Å². The molecule has 1 aromatic heterocycles. The Morgan fingerprint density at radius 2 is 1.74 bits per heavy atom. The number of rotatable bonds is 4. The molecule has 1 aromatic carbocycles. The Hall–Kier alpha value is -1.87. The van der Waals surface area contributed by atoms with Crippen molar-refractivity contribution in [2.75, 3.05) is 11.9 Å². The van der Waals surface area contributed by atoms with Crippen LogP contribution in [0.4, 0.5) is 5.82 Å². The molecule has 1 heterocycles. The minimum atomic E-state index is 0.542. The van der Waals surface area contributed by atoms with Crippen LogP contribution in [0.15, 0.2) is 36.4 Å². The number of aryl methyl sites for hydroxylation is 2. The van der Waals surface area contributed by atoms with Crippen molar-refractivity contribution >= 4 is 5.82 Å². The lowest BCUT2D eigenvalue weighted by Gasteiger charge is -2.19. The first kappa shape index (κ1) is 13.6. The summed E-state index contributed by atoms with van der Waals surface area (Å²) in [5.41, 5.74) is 10.3. The van der Waals surface area contributed by atoms with Gasteiger partial charge in [0.05, 0.1) is 0 Å². The van der Waals surface area contributed by atoms with Gasteiger partial charge in [0, 0.05) is 25.8 Å². The first-order valence-corrected chi connectivity index (χ1v) is 6.53. The van der Waals surface area contributed by atoms with E-state index < -0.39 is 0 Å². The van der Waals surface area contributed by atoms with Crippen molar-refractivity contribution in [3.8, 4) is 0 Å². The number of aromatic nitrogens is 1. The largest absolute Gasteiger partial charge is 0.355 e. The van der Waals surface area contributed by atoms with Crippen LogP contribution in [0.2, 0.25) is 0 Å². The van der Waals surface area contributed by atoms with Gasteiger partial charge >= 0.3 is 0 Å². The van der Waals surface area contributed by atoms with Crippen molar-refractivity contribution in [1.82, 2.24) is 4.98 Å². The van der Waals surface area contributed by atoms with E-state index in [4.69, 9.17) is 5.73 Å². The summed E-state index contributed by atoms with van der Waals surface area (Å²) in [4.78, 5) is 6.75. The molecule has 2 rings (SSSR count). The molecule has 2 aromatic rings. The second-order valence-corrected chi connectivity index (χ2v) is 4.96. The molecule has 3 nitrogen and oxygen atoms in total. The Morgan fingerprint density at radius 1 is 1.05 bits per heavy atom. The molecule has 19 heavy (non-hydrogen) atoms. The predicted molar refractivity (Wildman–Crippen MR) is 80.2 cm³/mol. The van der Waals surface area contributed by atoms with Gasteiger partial charge in [0.1, 0.15) is 5.82 Å². The lowest BCUT2D eigenvalue weighted by Crippen LogP contribution is -2.18. The topological polar surface area (TPSA) is 42.1 Å². The van der Waals surface area contributed by atoms with E-state index in [0.717, 1.165) is 23.6 Å². The molecule has 0 fully saturated rings. The number of pyridine rings is 1. The summed E-state index contributed by atoms with van der Waals surface area (Å²) in [6.07, 6.45) is 0. The van der Waals surface area contributed by atoms with Crippen LogP contribution in [-0.4, -0.2) is 12.0 Å². The van der Waals surface area contributed by atoms with Gasteiger partial charge in [0.15, 0.2) is 0 Å². The average Bonchev–Trinajstić information content (AvgIpc) is 2.41. The Balaban J connectivity index is 2.13. The summed E-state index contributed by atoms with van der Waals surface area (Å²) in [6, 6.07) is 12.7. The number of nitrogens with two attached hydrogens (primary N) is 1. The Bertz CT molecular complexity index is 546. The van der Waals surface area contributed by atoms with Gasteiger partial charge in [-0.15, -0.1) is 0 Å². The fourth-order valence-electron chi connectivity index (χ4n) is 2.05. The Labute approximate surface area is 115 Å². The lowest BCUT2D eigenvalue weighted by atomic mass is 10.1. The number of nitrogens with zero attached hydrogens (tertiary/aromatic N) is 2. The van der Waals surface area contributed by atoms with E-state index in [1.807, 2.05) is 13.0 Å². The summed E-state index contributed by atoms with van der Waals surface area (Å²) in [7, 11) is 2.06. The third-order valence-electron chi connectivity index (χ3n) is 3.33. The molecular weight excluding hydrogens is 234 g/mol. The maximum Gasteiger partial charge on any atom is 0.128 e. The molecule has 0 unspecified atom stereocenters. The van der Waals surface area contributed by atoms with Crippen molar-refractivity contribution in [3.05, 3.63) is 58.8 Å². The van der Waals surface area contributed by atoms with Crippen LogP contribution >= 0.6 is 0 Å². The van der Waals surface area contributed by atoms with E-state index >= 15 is 0 Å². The monoisotopic (exact) mass is 255 g/mol. The lowest BCUT2D eigenvalue weighted by molar-refractivity contribution is 0.883. The van der Waals surface area contributed by atoms with Crippen LogP contribution in [0.1, 0.15) is 22.4 Å². The van der Waals surface area contributed by atoms with Crippen molar-refractivity contribution in [3.63, 3.8) is 0 Å². The number of hydrogen-bond acceptors (Lipinski definition) is 3. The minimum absolute atomic E-state index is 0.542. The van der Waals surface area contributed by atoms with Crippen LogP contribution in [0.25, 0.3) is 0 Å². The minimum Gasteiger partial charge on any atom is -0.355 e. The summed E-state index contributed by atoms with van der Waals surface area (Å²) >= 11 is 0. The second kappa shape index (κ2) is 5.85. The highest BCUT2D eigenvalue weighted by molar-refractivity contribution is 5.42. The number of hydrogen-bond donors (Lipinski definition) is 1. The van der Waals surface area contributed by atoms with Crippen LogP contribution in [0.5, 0.6) is 0 Å². The fourth-order valence-corrected chi connectivity index (χ4v) is 2.05. The third-order valence-corrected chi connectivity index (χ3v) is 3.33. The van der Waals surface area contributed by atoms with E-state index in [9.17, 15) is 0 Å². The fraction of sp³-hybridized carbons (Fsp3) is 0.312. The van der Waals surface area contributed by atoms with E-state index in [2.05, 4.69) is 54.2 Å². The molecule has 0 radical (unpaired) electrons. The zero-order valence-corrected chi connectivity index (χ0v) is 11.9. The molecule has 0 atom stereocenters. The molecule has 0 amide bonds. The molecule has 0 saturated heterocycles. The quantitative estimate of drug-likeness (QED) is 0.913. The third kappa shape index (κ3) is 3.32. The SMILES string of the molecule is Cc1ccc(CN(C)c2ccc(CN)c(C)n2)cc1. The van der Waals surface area contributed by atoms with Gasteiger partial charge in [-0.2, -0.15) is 0 Å². The zero-order chi connectivity index (χ0) is 13.8. The van der Waals surface area contributed by atoms with E-state index in [1.54, 1.807) is 0 Å². The van der Waals surface area contributed by atoms with Crippen molar-refractivity contribution in [2.24, 2.45) is 5.73 Å². The highest BCUT2D eigenvalue weighted by Crippen LogP contribution is 2.16. The van der Waals surface area contributed by atoms with Gasteiger partial charge in [-0.3, -0.25) is 0 Å². The summed E-state index contributed by atoms with van der Waals surface area (Å²) in [6.45, 7) is 5.50. The van der Waals surface area contributed by atoms with Gasteiger partial charge in [-0.25, -0.2) is 4.98 Å². The maximum atomic E-state index is 5.66. The molecule has 0 bridgehead atoms. The highest BCUT2D eigenvalue weighted by atomic mass is 15.2. The van der Waals surface area contributed by atoms with E-state index in [0.29, 0.717) is 6.54 Å². The number of benzene rings is 1. The van der Waals surface area contributed by atoms with Gasteiger partial charge in [0.25, 0.3) is 0 Å². The molecule has 0 spiro atoms. The van der Waals surface area contributed by atoms with E-state index in [1.165, 1.54) is 11.1 Å². The molecule has 0 aliphatic rings. The average molecular weight is 255 g/mol. The van der Waals surface area contributed by atoms with Crippen molar-refractivity contribution in [2.45, 2.75) is 26.9 Å². The second-order valence-electron chi connectivity index (χ2n) is 4.96. The van der Waals surface area contributed by atoms with Crippen LogP contribution in [0, 0.1) is 13.8 Å². The standard InChI is InChI=1S/C16H21N3/c1-12-4-6-14(7-5-12)11-19(3)16-9-8-15(10-17)13(2)18-16/h4-9H,10-11,17H2,1-3H3. The predicted octanol–water partition coefficient (Wildman–Crippen LogP) is 2.79. The van der Waals surface area contributed by atoms with E-state index in [-0.39, 0.29) is 0 Å². The Morgan fingerprint density at radius 3 is 2.32 bits per heavy atom. The smallest absolute Gasteiger partial charge is 0.128 e. The molecule has 3 heteroatoms. The summed E-state index contributed by atoms with van der Waals surface area (Å²) in [5, 5.41) is 0. The van der Waals surface area contributed by atoms with Crippen molar-refractivity contribution < 1.29 is 0 Å². The van der Waals surface area contributed by atoms with Gasteiger partial charge in [-0.05, 0) is 31.0 Å². The molecular formula is C16H21N3. The number of anilines is 1. The molecule has 0 aliphatic carbocycles. The van der Waals surface area contributed by atoms with Gasteiger partial charge < -0.3 is 10.6 Å². The van der Waals surface area contributed by atoms with Gasteiger partial charge in [-0.1, -0.05) is 35.9 Å². The first-order chi connectivity index (χ1) is 9.10. The molecule has 100 valence electrons. The first-order valence-electron chi connectivity index (χ1n) is 6.53. The molecule has 0 saturated carbocycles. The zero-order valence-electron chi connectivity index (χ0n) is 11.9. The maximum absolute atomic E-state index is 5.66. The summed E-state index contributed by atoms with van der Waals surface area (Å²) in [5.74, 6) is 0.982. The normalized spacial score (nSPS) is 10.5. The van der Waals surface area contributed by atoms with Gasteiger partial charge in [0.2, 0.25) is 0 Å². The van der Waals surface area contributed by atoms with Crippen molar-refractivity contribution in [1.29, 1.82) is 0 Å². The molecule has 2 N–H and O–H groups in total. The Kier molecular flexibility index (Phi) is 4.17. The summed E-state index contributed by atoms with van der Waals surface area (Å²) < 4.78 is 0. The van der Waals surface area contributed by atoms with Crippen LogP contribution in [-0.2, 0) is 13.1 Å².